The quantitative estimate of drug-likeness (QED) is 0.678. The fourth-order valence-electron chi connectivity index (χ4n) is 1.49. The van der Waals surface area contributed by atoms with E-state index >= 15 is 0 Å². The molecule has 0 saturated carbocycles. The average molecular weight is 330 g/mol. The van der Waals surface area contributed by atoms with Crippen molar-refractivity contribution >= 4 is 34.7 Å². The Bertz CT molecular complexity index is 709. The smallest absolute Gasteiger partial charge is 0.273 e. The van der Waals surface area contributed by atoms with Gasteiger partial charge in [-0.05, 0) is 12.1 Å². The fourth-order valence-corrected chi connectivity index (χ4v) is 1.89. The second kappa shape index (κ2) is 6.02. The highest BCUT2D eigenvalue weighted by Crippen LogP contribution is 2.37. The van der Waals surface area contributed by atoms with E-state index in [4.69, 9.17) is 38.4 Å². The van der Waals surface area contributed by atoms with Gasteiger partial charge in [0.1, 0.15) is 10.8 Å². The van der Waals surface area contributed by atoms with Crippen molar-refractivity contribution in [1.29, 1.82) is 0 Å². The Morgan fingerprint density at radius 3 is 2.57 bits per heavy atom. The Hall–Kier alpha value is -2.25. The molecular weight excluding hydrogens is 321 g/mol. The Labute approximate surface area is 129 Å². The minimum Gasteiger partial charge on any atom is -0.493 e. The second-order valence-corrected chi connectivity index (χ2v) is 4.65. The van der Waals surface area contributed by atoms with Crippen LogP contribution in [0.1, 0.15) is 0 Å². The number of anilines is 1. The molecule has 0 radical (unpaired) electrons. The summed E-state index contributed by atoms with van der Waals surface area (Å²) in [4.78, 5) is 14.1. The van der Waals surface area contributed by atoms with Crippen LogP contribution in [0.2, 0.25) is 10.0 Å². The van der Waals surface area contributed by atoms with E-state index < -0.39 is 4.92 Å². The molecular formula is C12H9Cl2N3O4. The molecule has 9 heteroatoms. The number of rotatable bonds is 4. The molecule has 2 aromatic rings. The molecule has 0 spiro atoms. The van der Waals surface area contributed by atoms with Gasteiger partial charge in [-0.2, -0.15) is 4.98 Å². The number of ether oxygens (including phenoxy) is 2. The zero-order valence-electron chi connectivity index (χ0n) is 10.7. The van der Waals surface area contributed by atoms with Crippen LogP contribution in [0, 0.1) is 10.1 Å². The van der Waals surface area contributed by atoms with Crippen LogP contribution >= 0.6 is 23.2 Å². The first kappa shape index (κ1) is 15.1. The summed E-state index contributed by atoms with van der Waals surface area (Å²) in [5.74, 6) is 0.442. The van der Waals surface area contributed by atoms with Crippen LogP contribution in [-0.4, -0.2) is 17.0 Å². The first-order valence-electron chi connectivity index (χ1n) is 5.54. The van der Waals surface area contributed by atoms with Crippen LogP contribution in [0.15, 0.2) is 24.3 Å². The van der Waals surface area contributed by atoms with Crippen molar-refractivity contribution in [3.63, 3.8) is 0 Å². The van der Waals surface area contributed by atoms with Crippen LogP contribution in [0.25, 0.3) is 0 Å². The zero-order valence-corrected chi connectivity index (χ0v) is 12.2. The highest BCUT2D eigenvalue weighted by atomic mass is 35.5. The fraction of sp³-hybridized carbons (Fsp3) is 0.0833. The Morgan fingerprint density at radius 2 is 1.95 bits per heavy atom. The molecule has 0 aliphatic rings. The molecule has 0 bridgehead atoms. The van der Waals surface area contributed by atoms with Crippen molar-refractivity contribution in [2.24, 2.45) is 0 Å². The van der Waals surface area contributed by atoms with E-state index in [0.29, 0.717) is 0 Å². The number of benzene rings is 1. The van der Waals surface area contributed by atoms with E-state index in [1.165, 1.54) is 31.4 Å². The predicted octanol–water partition coefficient (Wildman–Crippen LogP) is 3.68. The summed E-state index contributed by atoms with van der Waals surface area (Å²) >= 11 is 11.7. The van der Waals surface area contributed by atoms with Gasteiger partial charge < -0.3 is 15.2 Å². The van der Waals surface area contributed by atoms with Gasteiger partial charge in [0, 0.05) is 6.07 Å². The van der Waals surface area contributed by atoms with Crippen molar-refractivity contribution < 1.29 is 14.4 Å². The summed E-state index contributed by atoms with van der Waals surface area (Å²) in [7, 11) is 1.36. The normalized spacial score (nSPS) is 10.2. The molecule has 21 heavy (non-hydrogen) atoms. The highest BCUT2D eigenvalue weighted by Gasteiger charge is 2.16. The maximum Gasteiger partial charge on any atom is 0.273 e. The monoisotopic (exact) mass is 329 g/mol. The number of halogens is 2. The van der Waals surface area contributed by atoms with Gasteiger partial charge in [0.05, 0.1) is 23.1 Å². The molecule has 2 N–H and O–H groups in total. The van der Waals surface area contributed by atoms with Gasteiger partial charge in [-0.15, -0.1) is 0 Å². The van der Waals surface area contributed by atoms with E-state index in [1.54, 1.807) is 0 Å². The topological polar surface area (TPSA) is 101 Å². The van der Waals surface area contributed by atoms with Gasteiger partial charge >= 0.3 is 0 Å². The number of pyridine rings is 1. The van der Waals surface area contributed by atoms with Crippen LogP contribution in [0.3, 0.4) is 0 Å². The van der Waals surface area contributed by atoms with Gasteiger partial charge in [0.15, 0.2) is 11.5 Å². The van der Waals surface area contributed by atoms with Gasteiger partial charge in [0.25, 0.3) is 5.69 Å². The summed E-state index contributed by atoms with van der Waals surface area (Å²) in [6, 6.07) is 5.26. The van der Waals surface area contributed by atoms with Crippen molar-refractivity contribution in [3.05, 3.63) is 44.4 Å². The summed E-state index contributed by atoms with van der Waals surface area (Å²) in [6.45, 7) is 0. The molecule has 0 aliphatic heterocycles. The van der Waals surface area contributed by atoms with E-state index in [2.05, 4.69) is 4.98 Å². The van der Waals surface area contributed by atoms with Gasteiger partial charge in [-0.25, -0.2) is 0 Å². The van der Waals surface area contributed by atoms with Crippen LogP contribution < -0.4 is 15.2 Å². The number of nitrogens with zero attached hydrogens (tertiary/aromatic N) is 2. The van der Waals surface area contributed by atoms with E-state index in [1.807, 2.05) is 0 Å². The number of hydrogen-bond donors (Lipinski definition) is 1. The Balaban J connectivity index is 2.40. The first-order chi connectivity index (χ1) is 9.92. The summed E-state index contributed by atoms with van der Waals surface area (Å²) < 4.78 is 10.5. The molecule has 110 valence electrons. The zero-order chi connectivity index (χ0) is 15.6. The van der Waals surface area contributed by atoms with Crippen LogP contribution in [0.5, 0.6) is 17.4 Å². The lowest BCUT2D eigenvalue weighted by molar-refractivity contribution is -0.384. The maximum absolute atomic E-state index is 10.7. The number of nitrogen functional groups attached to an aromatic ring is 1. The van der Waals surface area contributed by atoms with Gasteiger partial charge in [0.2, 0.25) is 5.88 Å². The number of nitrogens with two attached hydrogens (primary N) is 1. The van der Waals surface area contributed by atoms with Crippen molar-refractivity contribution in [2.75, 3.05) is 12.8 Å². The van der Waals surface area contributed by atoms with Crippen LogP contribution in [-0.2, 0) is 0 Å². The lowest BCUT2D eigenvalue weighted by atomic mass is 10.3. The number of aromatic nitrogens is 1. The summed E-state index contributed by atoms with van der Waals surface area (Å²) in [5, 5.41) is 11.1. The van der Waals surface area contributed by atoms with E-state index in [-0.39, 0.29) is 38.9 Å². The molecule has 0 saturated heterocycles. The second-order valence-electron chi connectivity index (χ2n) is 3.84. The minimum atomic E-state index is -0.544. The molecule has 1 aromatic heterocycles. The highest BCUT2D eigenvalue weighted by molar-refractivity contribution is 6.36. The largest absolute Gasteiger partial charge is 0.493 e. The number of methoxy groups -OCH3 is 1. The number of hydrogen-bond acceptors (Lipinski definition) is 6. The van der Waals surface area contributed by atoms with E-state index in [0.717, 1.165) is 0 Å². The lowest BCUT2D eigenvalue weighted by Gasteiger charge is -2.11. The first-order valence-corrected chi connectivity index (χ1v) is 6.29. The van der Waals surface area contributed by atoms with Crippen molar-refractivity contribution in [3.8, 4) is 17.4 Å². The minimum absolute atomic E-state index is 0.0192. The molecule has 1 aromatic carbocycles. The summed E-state index contributed by atoms with van der Waals surface area (Å²) in [5.41, 5.74) is 5.44. The third kappa shape index (κ3) is 3.26. The Morgan fingerprint density at radius 1 is 1.24 bits per heavy atom. The van der Waals surface area contributed by atoms with Gasteiger partial charge in [-0.1, -0.05) is 23.2 Å². The van der Waals surface area contributed by atoms with E-state index in [9.17, 15) is 10.1 Å². The molecule has 0 fully saturated rings. The van der Waals surface area contributed by atoms with Crippen molar-refractivity contribution in [1.82, 2.24) is 4.98 Å². The summed E-state index contributed by atoms with van der Waals surface area (Å²) in [6.07, 6.45) is 0. The third-order valence-corrected chi connectivity index (χ3v) is 3.06. The third-order valence-electron chi connectivity index (χ3n) is 2.49. The van der Waals surface area contributed by atoms with Crippen LogP contribution in [0.4, 0.5) is 11.5 Å². The van der Waals surface area contributed by atoms with Gasteiger partial charge in [-0.3, -0.25) is 10.1 Å². The SMILES string of the molecule is COc1cc([N+](=O)[O-])ccc1Oc1nc(N)c(Cl)cc1Cl. The molecule has 0 amide bonds. The number of non-ortho nitro benzene ring substituents is 1. The molecule has 1 heterocycles. The molecule has 0 atom stereocenters. The van der Waals surface area contributed by atoms with Crippen molar-refractivity contribution in [2.45, 2.75) is 0 Å². The Kier molecular flexibility index (Phi) is 4.35. The standard InChI is InChI=1S/C12H9Cl2N3O4/c1-20-10-4-6(17(18)19)2-3-9(10)21-12-8(14)5-7(13)11(15)16-12/h2-5H,1H3,(H2,15,16). The number of nitro groups is 1. The predicted molar refractivity (Wildman–Crippen MR) is 78.4 cm³/mol. The molecule has 0 unspecified atom stereocenters. The maximum atomic E-state index is 10.7. The lowest BCUT2D eigenvalue weighted by Crippen LogP contribution is -1.98. The number of nitro benzene ring substituents is 1. The molecule has 0 aliphatic carbocycles. The molecule has 2 rings (SSSR count). The average Bonchev–Trinajstić information content (AvgIpc) is 2.44. The molecule has 7 nitrogen and oxygen atoms in total.